The monoisotopic (exact) mass is 308 g/mol. The van der Waals surface area contributed by atoms with Crippen molar-refractivity contribution in [3.8, 4) is 5.75 Å². The van der Waals surface area contributed by atoms with E-state index in [1.54, 1.807) is 6.07 Å². The third-order valence-electron chi connectivity index (χ3n) is 3.87. The van der Waals surface area contributed by atoms with E-state index in [2.05, 4.69) is 25.1 Å². The van der Waals surface area contributed by atoms with Crippen molar-refractivity contribution in [2.45, 2.75) is 26.2 Å². The number of fused-ring (bicyclic) bond motifs is 2. The quantitative estimate of drug-likeness (QED) is 0.262. The molecule has 3 aromatic carbocycles. The Hall–Kier alpha value is -2.55. The minimum atomic E-state index is -0.637. The summed E-state index contributed by atoms with van der Waals surface area (Å²) in [6.07, 6.45) is 2.37. The first-order chi connectivity index (χ1) is 11.3. The van der Waals surface area contributed by atoms with Crippen molar-refractivity contribution in [3.63, 3.8) is 0 Å². The summed E-state index contributed by atoms with van der Waals surface area (Å²) in [5.74, 6) is 0.536. The van der Waals surface area contributed by atoms with Crippen LogP contribution >= 0.6 is 0 Å². The number of benzene rings is 3. The fourth-order valence-corrected chi connectivity index (χ4v) is 2.65. The minimum absolute atomic E-state index is 0.403. The van der Waals surface area contributed by atoms with Gasteiger partial charge < -0.3 is 9.47 Å². The van der Waals surface area contributed by atoms with Crippen LogP contribution in [-0.2, 0) is 4.74 Å². The highest BCUT2D eigenvalue weighted by molar-refractivity contribution is 6.01. The summed E-state index contributed by atoms with van der Waals surface area (Å²) in [6, 6.07) is 18.0. The third-order valence-corrected chi connectivity index (χ3v) is 3.87. The molecule has 3 aromatic rings. The number of unbranched alkanes of at least 4 members (excludes halogenated alkanes) is 2. The number of hydrogen-bond donors (Lipinski definition) is 0. The second-order valence-corrected chi connectivity index (χ2v) is 5.58. The number of rotatable bonds is 5. The lowest BCUT2D eigenvalue weighted by Crippen LogP contribution is -2.11. The van der Waals surface area contributed by atoms with Crippen molar-refractivity contribution < 1.29 is 14.3 Å². The Labute approximate surface area is 135 Å². The van der Waals surface area contributed by atoms with Gasteiger partial charge >= 0.3 is 6.16 Å². The largest absolute Gasteiger partial charge is 0.513 e. The van der Waals surface area contributed by atoms with Gasteiger partial charge in [0.2, 0.25) is 0 Å². The SMILES string of the molecule is CCCCCOC(=O)Oc1cccc2cc3ccccc3cc12. The standard InChI is InChI=1S/C20H20O3/c1-2-3-6-12-22-20(21)23-19-11-7-10-17-13-15-8-4-5-9-16(15)14-18(17)19/h4-5,7-11,13-14H,2-3,6,12H2,1H3. The zero-order valence-corrected chi connectivity index (χ0v) is 13.2. The number of hydrogen-bond acceptors (Lipinski definition) is 3. The number of ether oxygens (including phenoxy) is 2. The molecule has 118 valence electrons. The van der Waals surface area contributed by atoms with Crippen molar-refractivity contribution >= 4 is 27.7 Å². The van der Waals surface area contributed by atoms with Gasteiger partial charge in [-0.2, -0.15) is 0 Å². The molecule has 0 aliphatic carbocycles. The molecule has 0 aliphatic heterocycles. The summed E-state index contributed by atoms with van der Waals surface area (Å²) in [6.45, 7) is 2.51. The molecule has 0 heterocycles. The van der Waals surface area contributed by atoms with Gasteiger partial charge in [-0.15, -0.1) is 0 Å². The van der Waals surface area contributed by atoms with E-state index in [-0.39, 0.29) is 0 Å². The second-order valence-electron chi connectivity index (χ2n) is 5.58. The summed E-state index contributed by atoms with van der Waals surface area (Å²) in [5.41, 5.74) is 0. The Bertz CT molecular complexity index is 823. The van der Waals surface area contributed by atoms with E-state index in [0.29, 0.717) is 12.4 Å². The molecule has 0 unspecified atom stereocenters. The van der Waals surface area contributed by atoms with Crippen LogP contribution in [0.15, 0.2) is 54.6 Å². The van der Waals surface area contributed by atoms with Crippen LogP contribution in [0.25, 0.3) is 21.5 Å². The lowest BCUT2D eigenvalue weighted by atomic mass is 10.0. The fraction of sp³-hybridized carbons (Fsp3) is 0.250. The first-order valence-corrected chi connectivity index (χ1v) is 8.04. The van der Waals surface area contributed by atoms with E-state index < -0.39 is 6.16 Å². The number of carbonyl (C=O) groups is 1. The molecule has 0 spiro atoms. The van der Waals surface area contributed by atoms with E-state index in [0.717, 1.165) is 35.4 Å². The second kappa shape index (κ2) is 7.14. The highest BCUT2D eigenvalue weighted by Crippen LogP contribution is 2.30. The average Bonchev–Trinajstić information content (AvgIpc) is 2.57. The molecule has 0 fully saturated rings. The molecule has 3 rings (SSSR count). The Morgan fingerprint density at radius 1 is 0.913 bits per heavy atom. The maximum Gasteiger partial charge on any atom is 0.513 e. The molecular formula is C20H20O3. The normalized spacial score (nSPS) is 10.8. The summed E-state index contributed by atoms with van der Waals surface area (Å²) in [5, 5.41) is 4.24. The Kier molecular flexibility index (Phi) is 4.77. The van der Waals surface area contributed by atoms with Gasteiger partial charge in [0.05, 0.1) is 6.61 Å². The van der Waals surface area contributed by atoms with Crippen LogP contribution in [0.1, 0.15) is 26.2 Å². The van der Waals surface area contributed by atoms with Crippen molar-refractivity contribution in [3.05, 3.63) is 54.6 Å². The fourth-order valence-electron chi connectivity index (χ4n) is 2.65. The number of carbonyl (C=O) groups excluding carboxylic acids is 1. The Balaban J connectivity index is 1.83. The third kappa shape index (κ3) is 3.62. The van der Waals surface area contributed by atoms with Gasteiger partial charge in [-0.25, -0.2) is 4.79 Å². The topological polar surface area (TPSA) is 35.5 Å². The Morgan fingerprint density at radius 2 is 1.65 bits per heavy atom. The van der Waals surface area contributed by atoms with Crippen molar-refractivity contribution in [2.24, 2.45) is 0 Å². The van der Waals surface area contributed by atoms with Gasteiger partial charge in [0.25, 0.3) is 0 Å². The van der Waals surface area contributed by atoms with Crippen LogP contribution in [0.2, 0.25) is 0 Å². The van der Waals surface area contributed by atoms with Gasteiger partial charge in [0.1, 0.15) is 5.75 Å². The molecule has 0 saturated carbocycles. The highest BCUT2D eigenvalue weighted by Gasteiger charge is 2.10. The van der Waals surface area contributed by atoms with Crippen LogP contribution in [0, 0.1) is 0 Å². The lowest BCUT2D eigenvalue weighted by Gasteiger charge is -2.09. The summed E-state index contributed by atoms with van der Waals surface area (Å²) in [7, 11) is 0. The van der Waals surface area contributed by atoms with Gasteiger partial charge in [-0.05, 0) is 40.8 Å². The molecular weight excluding hydrogens is 288 g/mol. The van der Waals surface area contributed by atoms with E-state index in [4.69, 9.17) is 9.47 Å². The first kappa shape index (κ1) is 15.3. The molecule has 3 nitrogen and oxygen atoms in total. The van der Waals surface area contributed by atoms with E-state index in [1.165, 1.54) is 5.39 Å². The Morgan fingerprint density at radius 3 is 2.43 bits per heavy atom. The van der Waals surface area contributed by atoms with Gasteiger partial charge in [0.15, 0.2) is 0 Å². The summed E-state index contributed by atoms with van der Waals surface area (Å²) >= 11 is 0. The summed E-state index contributed by atoms with van der Waals surface area (Å²) in [4.78, 5) is 11.8. The molecule has 0 N–H and O–H groups in total. The van der Waals surface area contributed by atoms with Crippen molar-refractivity contribution in [2.75, 3.05) is 6.61 Å². The first-order valence-electron chi connectivity index (χ1n) is 8.04. The van der Waals surface area contributed by atoms with E-state index in [1.807, 2.05) is 30.3 Å². The van der Waals surface area contributed by atoms with Gasteiger partial charge in [-0.3, -0.25) is 0 Å². The summed E-state index contributed by atoms with van der Waals surface area (Å²) < 4.78 is 10.5. The maximum atomic E-state index is 11.8. The smallest absolute Gasteiger partial charge is 0.434 e. The molecule has 0 saturated heterocycles. The highest BCUT2D eigenvalue weighted by atomic mass is 16.7. The van der Waals surface area contributed by atoms with Crippen molar-refractivity contribution in [1.82, 2.24) is 0 Å². The van der Waals surface area contributed by atoms with Crippen molar-refractivity contribution in [1.29, 1.82) is 0 Å². The zero-order chi connectivity index (χ0) is 16.1. The van der Waals surface area contributed by atoms with Crippen LogP contribution in [-0.4, -0.2) is 12.8 Å². The molecule has 3 heteroatoms. The maximum absolute atomic E-state index is 11.8. The molecule has 0 aromatic heterocycles. The minimum Gasteiger partial charge on any atom is -0.434 e. The zero-order valence-electron chi connectivity index (χ0n) is 13.2. The molecule has 0 bridgehead atoms. The lowest BCUT2D eigenvalue weighted by molar-refractivity contribution is 0.0979. The molecule has 0 radical (unpaired) electrons. The van der Waals surface area contributed by atoms with Crippen LogP contribution in [0.3, 0.4) is 0 Å². The molecule has 0 amide bonds. The van der Waals surface area contributed by atoms with Crippen LogP contribution < -0.4 is 4.74 Å². The van der Waals surface area contributed by atoms with Gasteiger partial charge in [0, 0.05) is 5.39 Å². The molecule has 23 heavy (non-hydrogen) atoms. The molecule has 0 atom stereocenters. The van der Waals surface area contributed by atoms with Gasteiger partial charge in [-0.1, -0.05) is 56.2 Å². The van der Waals surface area contributed by atoms with Crippen LogP contribution in [0.4, 0.5) is 4.79 Å². The average molecular weight is 308 g/mol. The van der Waals surface area contributed by atoms with Crippen LogP contribution in [0.5, 0.6) is 5.75 Å². The molecule has 0 aliphatic rings. The van der Waals surface area contributed by atoms with E-state index >= 15 is 0 Å². The predicted molar refractivity (Wildman–Crippen MR) is 93.0 cm³/mol. The van der Waals surface area contributed by atoms with E-state index in [9.17, 15) is 4.79 Å². The predicted octanol–water partition coefficient (Wildman–Crippen LogP) is 5.70.